The van der Waals surface area contributed by atoms with Crippen molar-refractivity contribution in [1.29, 1.82) is 0 Å². The Bertz CT molecular complexity index is 1370. The number of halogens is 1. The summed E-state index contributed by atoms with van der Waals surface area (Å²) in [5, 5.41) is 9.79. The molecule has 1 fully saturated rings. The van der Waals surface area contributed by atoms with Crippen LogP contribution in [0.5, 0.6) is 5.75 Å². The summed E-state index contributed by atoms with van der Waals surface area (Å²) >= 11 is 6.64. The highest BCUT2D eigenvalue weighted by Crippen LogP contribution is 2.47. The van der Waals surface area contributed by atoms with E-state index in [0.717, 1.165) is 61.2 Å². The van der Waals surface area contributed by atoms with Crippen molar-refractivity contribution in [3.63, 3.8) is 0 Å². The smallest absolute Gasteiger partial charge is 0.449 e. The number of ether oxygens (including phenoxy) is 1. The summed E-state index contributed by atoms with van der Waals surface area (Å²) in [7, 11) is 2.08. The number of carbonyl (C=O) groups excluding carboxylic acids is 1. The van der Waals surface area contributed by atoms with E-state index in [1.165, 1.54) is 0 Å². The summed E-state index contributed by atoms with van der Waals surface area (Å²) < 4.78 is 5.25. The zero-order valence-electron chi connectivity index (χ0n) is 22.6. The number of aromatic nitrogens is 1. The van der Waals surface area contributed by atoms with Crippen LogP contribution in [-0.2, 0) is 16.6 Å². The summed E-state index contributed by atoms with van der Waals surface area (Å²) in [5.74, 6) is 0.394. The molecule has 0 saturated carbocycles. The first-order valence-corrected chi connectivity index (χ1v) is 13.8. The first kappa shape index (κ1) is 27.2. The third-order valence-corrected chi connectivity index (χ3v) is 9.12. The van der Waals surface area contributed by atoms with E-state index in [4.69, 9.17) is 16.3 Å². The average molecular weight is 549 g/mol. The van der Waals surface area contributed by atoms with E-state index in [9.17, 15) is 14.7 Å². The van der Waals surface area contributed by atoms with Crippen molar-refractivity contribution >= 4 is 29.4 Å². The molecule has 1 aliphatic heterocycles. The number of hydrogen-bond acceptors (Lipinski definition) is 5. The van der Waals surface area contributed by atoms with Crippen molar-refractivity contribution in [3.05, 3.63) is 88.7 Å². The van der Waals surface area contributed by atoms with Crippen molar-refractivity contribution < 1.29 is 23.9 Å². The third kappa shape index (κ3) is 5.01. The van der Waals surface area contributed by atoms with Gasteiger partial charge in [0.25, 0.3) is 0 Å². The van der Waals surface area contributed by atoms with E-state index in [1.54, 1.807) is 6.07 Å². The minimum atomic E-state index is -1.35. The molecule has 8 heteroatoms. The zero-order chi connectivity index (χ0) is 27.8. The van der Waals surface area contributed by atoms with Crippen LogP contribution >= 0.6 is 11.6 Å². The average Bonchev–Trinajstić information content (AvgIpc) is 3.36. The van der Waals surface area contributed by atoms with Crippen LogP contribution in [0.1, 0.15) is 55.8 Å². The molecule has 5 rings (SSSR count). The van der Waals surface area contributed by atoms with Crippen LogP contribution in [-0.4, -0.2) is 52.8 Å². The molecule has 3 aromatic rings. The van der Waals surface area contributed by atoms with Gasteiger partial charge in [0.05, 0.1) is 13.1 Å². The van der Waals surface area contributed by atoms with Gasteiger partial charge in [0.15, 0.2) is 0 Å². The maximum Gasteiger partial charge on any atom is 0.511 e. The van der Waals surface area contributed by atoms with Gasteiger partial charge in [-0.1, -0.05) is 35.9 Å². The highest BCUT2D eigenvalue weighted by atomic mass is 35.5. The number of aryl methyl sites for hydroxylation is 1. The Balaban J connectivity index is 1.54. The van der Waals surface area contributed by atoms with Gasteiger partial charge in [0, 0.05) is 61.0 Å². The highest BCUT2D eigenvalue weighted by molar-refractivity contribution is 6.31. The van der Waals surface area contributed by atoms with Gasteiger partial charge in [0.1, 0.15) is 17.2 Å². The zero-order valence-corrected chi connectivity index (χ0v) is 23.4. The first-order chi connectivity index (χ1) is 18.6. The fraction of sp³-hybridized carbons (Fsp3) is 0.387. The van der Waals surface area contributed by atoms with Crippen LogP contribution in [0.2, 0.25) is 5.02 Å². The number of nitrogens with zero attached hydrogens (tertiary/aromatic N) is 3. The second-order valence-electron chi connectivity index (χ2n) is 11.3. The second-order valence-corrected chi connectivity index (χ2v) is 11.7. The van der Waals surface area contributed by atoms with Gasteiger partial charge in [-0.2, -0.15) is 0 Å². The maximum absolute atomic E-state index is 14.9. The molecule has 7 nitrogen and oxygen atoms in total. The van der Waals surface area contributed by atoms with Gasteiger partial charge in [-0.25, -0.2) is 9.59 Å². The van der Waals surface area contributed by atoms with Crippen LogP contribution in [0.25, 0.3) is 0 Å². The molecule has 2 aliphatic rings. The molecular formula is C31H35ClN3O4+. The number of piperidine rings is 1. The quantitative estimate of drug-likeness (QED) is 0.218. The summed E-state index contributed by atoms with van der Waals surface area (Å²) in [6.45, 7) is 5.62. The van der Waals surface area contributed by atoms with Crippen molar-refractivity contribution in [2.24, 2.45) is 0 Å². The number of amides is 1. The van der Waals surface area contributed by atoms with Crippen molar-refractivity contribution in [2.45, 2.75) is 57.0 Å². The van der Waals surface area contributed by atoms with Gasteiger partial charge >= 0.3 is 12.1 Å². The van der Waals surface area contributed by atoms with Crippen molar-refractivity contribution in [2.75, 3.05) is 25.0 Å². The SMILES string of the molecule is CC(C)(C(=O)[N+](C)(C1CCN(c2ccncc2)CC1)C1CCc2ccc(OC(=O)O)cc21)c1ccccc1Cl. The molecule has 2 atom stereocenters. The topological polar surface area (TPSA) is 79.7 Å². The molecular weight excluding hydrogens is 514 g/mol. The van der Waals surface area contributed by atoms with Gasteiger partial charge in [-0.15, -0.1) is 0 Å². The molecule has 2 heterocycles. The lowest BCUT2D eigenvalue weighted by atomic mass is 9.80. The fourth-order valence-corrected chi connectivity index (χ4v) is 7.11. The predicted molar refractivity (Wildman–Crippen MR) is 151 cm³/mol. The van der Waals surface area contributed by atoms with Crippen LogP contribution in [0.4, 0.5) is 10.5 Å². The van der Waals surface area contributed by atoms with E-state index in [0.29, 0.717) is 5.02 Å². The summed E-state index contributed by atoms with van der Waals surface area (Å²) in [4.78, 5) is 32.7. The number of carboxylic acid groups (broad SMARTS) is 1. The predicted octanol–water partition coefficient (Wildman–Crippen LogP) is 6.40. The fourth-order valence-electron chi connectivity index (χ4n) is 6.74. The number of fused-ring (bicyclic) bond motifs is 1. The number of rotatable bonds is 6. The normalized spacial score (nSPS) is 19.3. The van der Waals surface area contributed by atoms with Gasteiger partial charge in [0.2, 0.25) is 0 Å². The first-order valence-electron chi connectivity index (χ1n) is 13.5. The molecule has 1 amide bonds. The Morgan fingerprint density at radius 2 is 1.74 bits per heavy atom. The highest BCUT2D eigenvalue weighted by Gasteiger charge is 2.55. The minimum absolute atomic E-state index is 0.0809. The van der Waals surface area contributed by atoms with Gasteiger partial charge in [-0.3, -0.25) is 9.47 Å². The Labute approximate surface area is 234 Å². The van der Waals surface area contributed by atoms with Crippen LogP contribution in [0.15, 0.2) is 67.0 Å². The standard InChI is InChI=1S/C31H34ClN3O4/c1-31(2,26-6-4-5-7-27(26)32)29(36)35(3,23-14-18-34(19-15-23)22-12-16-33-17-13-22)28-11-9-21-8-10-24(20-25(21)28)39-30(37)38/h4-8,10,12-13,16-17,20,23,28H,9,11,14-15,18-19H2,1-3H3/p+1. The number of likely N-dealkylation sites (N-methyl/N-ethyl adjacent to an activating group) is 1. The largest absolute Gasteiger partial charge is 0.511 e. The summed E-state index contributed by atoms with van der Waals surface area (Å²) in [5.41, 5.74) is 3.25. The number of pyridine rings is 1. The van der Waals surface area contributed by atoms with E-state index >= 15 is 0 Å². The molecule has 0 radical (unpaired) electrons. The maximum atomic E-state index is 14.9. The Kier molecular flexibility index (Phi) is 7.40. The molecule has 0 bridgehead atoms. The van der Waals surface area contributed by atoms with E-state index in [2.05, 4.69) is 16.9 Å². The van der Waals surface area contributed by atoms with E-state index in [-0.39, 0.29) is 28.2 Å². The monoisotopic (exact) mass is 548 g/mol. The molecule has 0 spiro atoms. The summed E-state index contributed by atoms with van der Waals surface area (Å²) in [6, 6.07) is 17.0. The second kappa shape index (κ2) is 10.6. The van der Waals surface area contributed by atoms with E-state index in [1.807, 2.05) is 74.8 Å². The van der Waals surface area contributed by atoms with Crippen LogP contribution < -0.4 is 9.64 Å². The minimum Gasteiger partial charge on any atom is -0.449 e. The number of carbonyl (C=O) groups is 2. The molecule has 39 heavy (non-hydrogen) atoms. The lowest BCUT2D eigenvalue weighted by Gasteiger charge is -2.50. The lowest BCUT2D eigenvalue weighted by Crippen LogP contribution is -2.64. The number of anilines is 1. The number of benzene rings is 2. The van der Waals surface area contributed by atoms with Crippen molar-refractivity contribution in [3.8, 4) is 5.75 Å². The Hall–Kier alpha value is -3.42. The number of hydrogen-bond donors (Lipinski definition) is 1. The molecule has 2 aromatic carbocycles. The molecule has 204 valence electrons. The molecule has 1 N–H and O–H groups in total. The van der Waals surface area contributed by atoms with Gasteiger partial charge in [-0.05, 0) is 61.7 Å². The molecule has 1 aliphatic carbocycles. The Morgan fingerprint density at radius 1 is 1.05 bits per heavy atom. The summed E-state index contributed by atoms with van der Waals surface area (Å²) in [6.07, 6.45) is 5.60. The van der Waals surface area contributed by atoms with E-state index < -0.39 is 11.6 Å². The third-order valence-electron chi connectivity index (χ3n) is 8.79. The van der Waals surface area contributed by atoms with Crippen LogP contribution in [0.3, 0.4) is 0 Å². The van der Waals surface area contributed by atoms with Crippen LogP contribution in [0, 0.1) is 0 Å². The lowest BCUT2D eigenvalue weighted by molar-refractivity contribution is -0.893. The number of quaternary nitrogens is 1. The van der Waals surface area contributed by atoms with Crippen molar-refractivity contribution in [1.82, 2.24) is 4.98 Å². The molecule has 1 aromatic heterocycles. The molecule has 2 unspecified atom stereocenters. The van der Waals surface area contributed by atoms with Gasteiger partial charge < -0.3 is 14.7 Å². The Morgan fingerprint density at radius 3 is 2.41 bits per heavy atom. The molecule has 1 saturated heterocycles.